The molecule has 20 heavy (non-hydrogen) atoms. The highest BCUT2D eigenvalue weighted by atomic mass is 35.5. The molecule has 1 aliphatic heterocycles. The number of halogens is 1. The van der Waals surface area contributed by atoms with E-state index in [9.17, 15) is 0 Å². The fraction of sp³-hybridized carbons (Fsp3) is 0.647. The van der Waals surface area contributed by atoms with Crippen molar-refractivity contribution in [2.75, 3.05) is 13.1 Å². The summed E-state index contributed by atoms with van der Waals surface area (Å²) in [5.41, 5.74) is 2.74. The van der Waals surface area contributed by atoms with E-state index in [0.29, 0.717) is 12.1 Å². The third-order valence-electron chi connectivity index (χ3n) is 4.33. The normalized spacial score (nSPS) is 24.9. The van der Waals surface area contributed by atoms with Gasteiger partial charge in [0.2, 0.25) is 0 Å². The van der Waals surface area contributed by atoms with E-state index in [1.54, 1.807) is 0 Å². The van der Waals surface area contributed by atoms with Crippen LogP contribution in [0.1, 0.15) is 38.8 Å². The van der Waals surface area contributed by atoms with Crippen LogP contribution >= 0.6 is 11.6 Å². The van der Waals surface area contributed by atoms with E-state index in [4.69, 9.17) is 11.6 Å². The summed E-state index contributed by atoms with van der Waals surface area (Å²) in [7, 11) is 0. The number of piperazine rings is 1. The SMILES string of the molecule is Cc1ccc(CN2CC(C(C)(C)C)NCC2C)c(Cl)c1. The van der Waals surface area contributed by atoms with Gasteiger partial charge in [-0.15, -0.1) is 0 Å². The number of benzene rings is 1. The highest BCUT2D eigenvalue weighted by molar-refractivity contribution is 6.31. The lowest BCUT2D eigenvalue weighted by Crippen LogP contribution is -2.59. The maximum atomic E-state index is 6.38. The van der Waals surface area contributed by atoms with Crippen molar-refractivity contribution in [3.8, 4) is 0 Å². The largest absolute Gasteiger partial charge is 0.311 e. The number of rotatable bonds is 2. The molecule has 0 aliphatic carbocycles. The number of nitrogens with zero attached hydrogens (tertiary/aromatic N) is 1. The molecule has 0 spiro atoms. The van der Waals surface area contributed by atoms with Crippen LogP contribution in [0.3, 0.4) is 0 Å². The molecule has 1 saturated heterocycles. The molecule has 0 bridgehead atoms. The van der Waals surface area contributed by atoms with Crippen molar-refractivity contribution in [2.24, 2.45) is 5.41 Å². The van der Waals surface area contributed by atoms with Gasteiger partial charge in [0.15, 0.2) is 0 Å². The van der Waals surface area contributed by atoms with Gasteiger partial charge in [-0.05, 0) is 36.5 Å². The van der Waals surface area contributed by atoms with Gasteiger partial charge >= 0.3 is 0 Å². The van der Waals surface area contributed by atoms with Gasteiger partial charge in [-0.1, -0.05) is 44.5 Å². The van der Waals surface area contributed by atoms with E-state index in [0.717, 1.165) is 24.7 Å². The van der Waals surface area contributed by atoms with Gasteiger partial charge in [-0.3, -0.25) is 4.90 Å². The Morgan fingerprint density at radius 1 is 1.35 bits per heavy atom. The van der Waals surface area contributed by atoms with Gasteiger partial charge in [-0.25, -0.2) is 0 Å². The monoisotopic (exact) mass is 294 g/mol. The third kappa shape index (κ3) is 3.75. The second-order valence-electron chi connectivity index (χ2n) is 7.20. The van der Waals surface area contributed by atoms with Gasteiger partial charge in [0.25, 0.3) is 0 Å². The van der Waals surface area contributed by atoms with E-state index in [2.05, 4.69) is 63.0 Å². The van der Waals surface area contributed by atoms with Gasteiger partial charge < -0.3 is 5.32 Å². The van der Waals surface area contributed by atoms with Crippen molar-refractivity contribution < 1.29 is 0 Å². The molecule has 1 aliphatic rings. The van der Waals surface area contributed by atoms with E-state index in [1.165, 1.54) is 11.1 Å². The average molecular weight is 295 g/mol. The molecule has 3 heteroatoms. The minimum atomic E-state index is 0.287. The summed E-state index contributed by atoms with van der Waals surface area (Å²) in [6.45, 7) is 14.3. The third-order valence-corrected chi connectivity index (χ3v) is 4.68. The van der Waals surface area contributed by atoms with Crippen LogP contribution in [-0.4, -0.2) is 30.1 Å². The first-order chi connectivity index (χ1) is 9.27. The Hall–Kier alpha value is -0.570. The lowest BCUT2D eigenvalue weighted by Gasteiger charge is -2.44. The Bertz CT molecular complexity index is 465. The summed E-state index contributed by atoms with van der Waals surface area (Å²) < 4.78 is 0. The summed E-state index contributed by atoms with van der Waals surface area (Å²) >= 11 is 6.38. The van der Waals surface area contributed by atoms with Crippen LogP contribution in [0.2, 0.25) is 5.02 Å². The molecule has 0 radical (unpaired) electrons. The van der Waals surface area contributed by atoms with Crippen molar-refractivity contribution in [3.63, 3.8) is 0 Å². The van der Waals surface area contributed by atoms with Crippen molar-refractivity contribution in [1.29, 1.82) is 0 Å². The Balaban J connectivity index is 2.10. The summed E-state index contributed by atoms with van der Waals surface area (Å²) in [4.78, 5) is 2.54. The molecule has 1 fully saturated rings. The molecule has 1 aromatic carbocycles. The first-order valence-electron chi connectivity index (χ1n) is 7.50. The lowest BCUT2D eigenvalue weighted by molar-refractivity contribution is 0.0877. The van der Waals surface area contributed by atoms with E-state index < -0.39 is 0 Å². The summed E-state index contributed by atoms with van der Waals surface area (Å²) in [6, 6.07) is 7.45. The molecule has 1 heterocycles. The highest BCUT2D eigenvalue weighted by Crippen LogP contribution is 2.26. The summed E-state index contributed by atoms with van der Waals surface area (Å²) in [5, 5.41) is 4.57. The van der Waals surface area contributed by atoms with Crippen molar-refractivity contribution in [1.82, 2.24) is 10.2 Å². The standard InChI is InChI=1S/C17H27ClN2/c1-12-6-7-14(15(18)8-12)10-20-11-16(17(3,4)5)19-9-13(20)2/h6-8,13,16,19H,9-11H2,1-5H3. The molecule has 2 atom stereocenters. The quantitative estimate of drug-likeness (QED) is 0.891. The molecule has 0 aromatic heterocycles. The minimum Gasteiger partial charge on any atom is -0.311 e. The highest BCUT2D eigenvalue weighted by Gasteiger charge is 2.32. The first-order valence-corrected chi connectivity index (χ1v) is 7.87. The maximum Gasteiger partial charge on any atom is 0.0453 e. The molecule has 0 amide bonds. The Labute approximate surface area is 128 Å². The smallest absolute Gasteiger partial charge is 0.0453 e. The van der Waals surface area contributed by atoms with Gasteiger partial charge in [0, 0.05) is 36.7 Å². The average Bonchev–Trinajstić information content (AvgIpc) is 2.33. The Kier molecular flexibility index (Phi) is 4.78. The molecule has 2 nitrogen and oxygen atoms in total. The molecular weight excluding hydrogens is 268 g/mol. The molecule has 1 N–H and O–H groups in total. The Morgan fingerprint density at radius 3 is 2.65 bits per heavy atom. The number of aryl methyl sites for hydroxylation is 1. The minimum absolute atomic E-state index is 0.287. The molecular formula is C17H27ClN2. The molecule has 1 aromatic rings. The predicted molar refractivity (Wildman–Crippen MR) is 87.3 cm³/mol. The predicted octanol–water partition coefficient (Wildman–Crippen LogP) is 3.86. The van der Waals surface area contributed by atoms with Gasteiger partial charge in [0.1, 0.15) is 0 Å². The van der Waals surface area contributed by atoms with E-state index in [1.807, 2.05) is 0 Å². The number of nitrogens with one attached hydrogen (secondary N) is 1. The summed E-state index contributed by atoms with van der Waals surface area (Å²) in [5.74, 6) is 0. The van der Waals surface area contributed by atoms with Crippen LogP contribution in [0.5, 0.6) is 0 Å². The lowest BCUT2D eigenvalue weighted by atomic mass is 9.84. The second kappa shape index (κ2) is 6.05. The zero-order valence-electron chi connectivity index (χ0n) is 13.3. The van der Waals surface area contributed by atoms with Crippen LogP contribution in [0.25, 0.3) is 0 Å². The fourth-order valence-corrected chi connectivity index (χ4v) is 3.02. The first kappa shape index (κ1) is 15.8. The zero-order valence-corrected chi connectivity index (χ0v) is 14.1. The maximum absolute atomic E-state index is 6.38. The zero-order chi connectivity index (χ0) is 14.9. The Morgan fingerprint density at radius 2 is 2.05 bits per heavy atom. The van der Waals surface area contributed by atoms with Crippen LogP contribution in [0.15, 0.2) is 18.2 Å². The summed E-state index contributed by atoms with van der Waals surface area (Å²) in [6.07, 6.45) is 0. The van der Waals surface area contributed by atoms with Crippen molar-refractivity contribution >= 4 is 11.6 Å². The van der Waals surface area contributed by atoms with Crippen molar-refractivity contribution in [3.05, 3.63) is 34.3 Å². The second-order valence-corrected chi connectivity index (χ2v) is 7.61. The number of hydrogen-bond donors (Lipinski definition) is 1. The molecule has 0 saturated carbocycles. The fourth-order valence-electron chi connectivity index (χ4n) is 2.72. The van der Waals surface area contributed by atoms with Gasteiger partial charge in [0.05, 0.1) is 0 Å². The molecule has 112 valence electrons. The van der Waals surface area contributed by atoms with Crippen molar-refractivity contribution in [2.45, 2.75) is 53.2 Å². The van der Waals surface area contributed by atoms with Crippen LogP contribution in [-0.2, 0) is 6.54 Å². The molecule has 2 rings (SSSR count). The van der Waals surface area contributed by atoms with Crippen LogP contribution < -0.4 is 5.32 Å². The number of hydrogen-bond acceptors (Lipinski definition) is 2. The van der Waals surface area contributed by atoms with Gasteiger partial charge in [-0.2, -0.15) is 0 Å². The van der Waals surface area contributed by atoms with E-state index >= 15 is 0 Å². The topological polar surface area (TPSA) is 15.3 Å². The van der Waals surface area contributed by atoms with Crippen LogP contribution in [0, 0.1) is 12.3 Å². The van der Waals surface area contributed by atoms with E-state index in [-0.39, 0.29) is 5.41 Å². The molecule has 2 unspecified atom stereocenters. The van der Waals surface area contributed by atoms with Crippen LogP contribution in [0.4, 0.5) is 0 Å².